The molecule has 2 aromatic rings. The molecular weight excluding hydrogens is 441 g/mol. The van der Waals surface area contributed by atoms with Crippen molar-refractivity contribution in [2.45, 2.75) is 37.5 Å². The number of aliphatic carboxylic acids is 2. The van der Waals surface area contributed by atoms with Crippen molar-refractivity contribution in [3.05, 3.63) is 58.1 Å². The molecule has 1 aliphatic rings. The predicted molar refractivity (Wildman–Crippen MR) is 104 cm³/mol. The standard InChI is InChI=1S/C21H18ClF3O6/c22-16-9-12(21(23,24)25)4-7-17(16)31-13-5-6-14-11(8-13)2-1-3-15(14)19(20(28)29)30-10-18(26)27/h4-9,15,19H,1-3,10H2,(H,26,27)(H,28,29)/t15-,19?/m1/s1. The van der Waals surface area contributed by atoms with E-state index in [1.807, 2.05) is 0 Å². The highest BCUT2D eigenvalue weighted by molar-refractivity contribution is 6.32. The van der Waals surface area contributed by atoms with Gasteiger partial charge in [-0.3, -0.25) is 0 Å². The summed E-state index contributed by atoms with van der Waals surface area (Å²) >= 11 is 5.93. The van der Waals surface area contributed by atoms with Gasteiger partial charge in [-0.05, 0) is 60.7 Å². The van der Waals surface area contributed by atoms with Gasteiger partial charge in [-0.1, -0.05) is 17.7 Å². The maximum Gasteiger partial charge on any atom is 0.416 e. The molecule has 0 spiro atoms. The lowest BCUT2D eigenvalue weighted by Crippen LogP contribution is -2.34. The first kappa shape index (κ1) is 22.9. The van der Waals surface area contributed by atoms with Crippen molar-refractivity contribution in [2.24, 2.45) is 0 Å². The number of benzene rings is 2. The molecule has 6 nitrogen and oxygen atoms in total. The fourth-order valence-corrected chi connectivity index (χ4v) is 3.83. The molecule has 1 unspecified atom stereocenters. The van der Waals surface area contributed by atoms with Crippen LogP contribution in [-0.4, -0.2) is 34.9 Å². The summed E-state index contributed by atoms with van der Waals surface area (Å²) in [6.45, 7) is -0.726. The van der Waals surface area contributed by atoms with Crippen molar-refractivity contribution in [3.8, 4) is 11.5 Å². The fraction of sp³-hybridized carbons (Fsp3) is 0.333. The lowest BCUT2D eigenvalue weighted by atomic mass is 9.79. The third kappa shape index (κ3) is 5.48. The van der Waals surface area contributed by atoms with E-state index < -0.39 is 42.3 Å². The highest BCUT2D eigenvalue weighted by Gasteiger charge is 2.34. The van der Waals surface area contributed by atoms with Gasteiger partial charge in [-0.25, -0.2) is 9.59 Å². The van der Waals surface area contributed by atoms with E-state index in [0.717, 1.165) is 23.8 Å². The Hall–Kier alpha value is -2.78. The number of halogens is 4. The SMILES string of the molecule is O=C(O)COC(C(=O)O)[C@@H]1CCCc2cc(Oc3ccc(C(F)(F)F)cc3Cl)ccc21. The summed E-state index contributed by atoms with van der Waals surface area (Å²) in [5.41, 5.74) is 0.607. The van der Waals surface area contributed by atoms with E-state index in [0.29, 0.717) is 30.6 Å². The van der Waals surface area contributed by atoms with Crippen molar-refractivity contribution in [1.82, 2.24) is 0 Å². The van der Waals surface area contributed by atoms with Gasteiger partial charge in [-0.2, -0.15) is 13.2 Å². The van der Waals surface area contributed by atoms with Crippen LogP contribution in [0.3, 0.4) is 0 Å². The topological polar surface area (TPSA) is 93.1 Å². The minimum atomic E-state index is -4.52. The molecule has 0 aliphatic heterocycles. The van der Waals surface area contributed by atoms with E-state index in [1.165, 1.54) is 0 Å². The Kier molecular flexibility index (Phi) is 6.76. The molecule has 166 valence electrons. The van der Waals surface area contributed by atoms with Crippen LogP contribution in [0.4, 0.5) is 13.2 Å². The van der Waals surface area contributed by atoms with Crippen LogP contribution in [-0.2, 0) is 26.9 Å². The molecule has 3 rings (SSSR count). The number of alkyl halides is 3. The Morgan fingerprint density at radius 1 is 1.16 bits per heavy atom. The zero-order valence-electron chi connectivity index (χ0n) is 16.0. The number of hydrogen-bond donors (Lipinski definition) is 2. The number of aryl methyl sites for hydroxylation is 1. The minimum Gasteiger partial charge on any atom is -0.480 e. The Bertz CT molecular complexity index is 992. The largest absolute Gasteiger partial charge is 0.480 e. The molecule has 0 radical (unpaired) electrons. The molecule has 0 saturated heterocycles. The maximum absolute atomic E-state index is 12.8. The van der Waals surface area contributed by atoms with Crippen LogP contribution in [0, 0.1) is 0 Å². The summed E-state index contributed by atoms with van der Waals surface area (Å²) in [5.74, 6) is -2.67. The summed E-state index contributed by atoms with van der Waals surface area (Å²) in [4.78, 5) is 22.4. The monoisotopic (exact) mass is 458 g/mol. The number of hydrogen-bond acceptors (Lipinski definition) is 4. The molecule has 0 amide bonds. The van der Waals surface area contributed by atoms with Crippen LogP contribution >= 0.6 is 11.6 Å². The Morgan fingerprint density at radius 2 is 1.90 bits per heavy atom. The molecule has 0 heterocycles. The Balaban J connectivity index is 1.83. The van der Waals surface area contributed by atoms with Crippen LogP contribution in [0.5, 0.6) is 11.5 Å². The number of carboxylic acids is 2. The van der Waals surface area contributed by atoms with Crippen LogP contribution in [0.25, 0.3) is 0 Å². The van der Waals surface area contributed by atoms with Gasteiger partial charge in [0.05, 0.1) is 10.6 Å². The van der Waals surface area contributed by atoms with Gasteiger partial charge in [0.2, 0.25) is 0 Å². The number of ether oxygens (including phenoxy) is 2. The third-order valence-corrected chi connectivity index (χ3v) is 5.25. The molecular formula is C21H18ClF3O6. The quantitative estimate of drug-likeness (QED) is 0.598. The summed E-state index contributed by atoms with van der Waals surface area (Å²) in [7, 11) is 0. The summed E-state index contributed by atoms with van der Waals surface area (Å²) in [5, 5.41) is 18.1. The van der Waals surface area contributed by atoms with Crippen molar-refractivity contribution in [1.29, 1.82) is 0 Å². The third-order valence-electron chi connectivity index (χ3n) is 4.96. The molecule has 0 aromatic heterocycles. The van der Waals surface area contributed by atoms with E-state index in [4.69, 9.17) is 26.2 Å². The van der Waals surface area contributed by atoms with E-state index in [1.54, 1.807) is 18.2 Å². The molecule has 1 aliphatic carbocycles. The van der Waals surface area contributed by atoms with Crippen LogP contribution in [0.1, 0.15) is 35.4 Å². The molecule has 31 heavy (non-hydrogen) atoms. The van der Waals surface area contributed by atoms with Crippen LogP contribution < -0.4 is 4.74 Å². The first-order chi connectivity index (χ1) is 14.6. The van der Waals surface area contributed by atoms with E-state index in [-0.39, 0.29) is 10.8 Å². The second kappa shape index (κ2) is 9.15. The highest BCUT2D eigenvalue weighted by atomic mass is 35.5. The summed E-state index contributed by atoms with van der Waals surface area (Å²) in [6.07, 6.45) is -4.04. The maximum atomic E-state index is 12.8. The van der Waals surface area contributed by atoms with Crippen molar-refractivity contribution in [2.75, 3.05) is 6.61 Å². The average Bonchev–Trinajstić information content (AvgIpc) is 2.68. The summed E-state index contributed by atoms with van der Waals surface area (Å²) < 4.78 is 49.1. The van der Waals surface area contributed by atoms with Gasteiger partial charge < -0.3 is 19.7 Å². The number of carboxylic acid groups (broad SMARTS) is 2. The minimum absolute atomic E-state index is 0.0511. The first-order valence-corrected chi connectivity index (χ1v) is 9.67. The Morgan fingerprint density at radius 3 is 2.52 bits per heavy atom. The molecule has 0 fully saturated rings. The van der Waals surface area contributed by atoms with Crippen molar-refractivity contribution in [3.63, 3.8) is 0 Å². The summed E-state index contributed by atoms with van der Waals surface area (Å²) in [6, 6.07) is 7.67. The average molecular weight is 459 g/mol. The number of fused-ring (bicyclic) bond motifs is 1. The van der Waals surface area contributed by atoms with E-state index in [2.05, 4.69) is 0 Å². The zero-order chi connectivity index (χ0) is 22.8. The van der Waals surface area contributed by atoms with Crippen molar-refractivity contribution < 1.29 is 42.4 Å². The van der Waals surface area contributed by atoms with Gasteiger partial charge >= 0.3 is 18.1 Å². The van der Waals surface area contributed by atoms with Gasteiger partial charge in [-0.15, -0.1) is 0 Å². The normalized spacial score (nSPS) is 17.0. The highest BCUT2D eigenvalue weighted by Crippen LogP contribution is 2.40. The van der Waals surface area contributed by atoms with Crippen LogP contribution in [0.15, 0.2) is 36.4 Å². The fourth-order valence-electron chi connectivity index (χ4n) is 3.61. The second-order valence-electron chi connectivity index (χ2n) is 7.07. The van der Waals surface area contributed by atoms with Gasteiger partial charge in [0.15, 0.2) is 6.10 Å². The molecule has 2 aromatic carbocycles. The molecule has 2 N–H and O–H groups in total. The van der Waals surface area contributed by atoms with Gasteiger partial charge in [0.1, 0.15) is 18.1 Å². The second-order valence-corrected chi connectivity index (χ2v) is 7.48. The molecule has 0 bridgehead atoms. The predicted octanol–water partition coefficient (Wildman–Crippen LogP) is 5.13. The van der Waals surface area contributed by atoms with Gasteiger partial charge in [0.25, 0.3) is 0 Å². The van der Waals surface area contributed by atoms with E-state index in [9.17, 15) is 27.9 Å². The first-order valence-electron chi connectivity index (χ1n) is 9.30. The smallest absolute Gasteiger partial charge is 0.416 e. The number of carbonyl (C=O) groups is 2. The Labute approximate surface area is 180 Å². The lowest BCUT2D eigenvalue weighted by molar-refractivity contribution is -0.158. The number of rotatable bonds is 7. The lowest BCUT2D eigenvalue weighted by Gasteiger charge is -2.30. The zero-order valence-corrected chi connectivity index (χ0v) is 16.7. The van der Waals surface area contributed by atoms with Crippen LogP contribution in [0.2, 0.25) is 5.02 Å². The van der Waals surface area contributed by atoms with Gasteiger partial charge in [0, 0.05) is 5.92 Å². The molecule has 2 atom stereocenters. The van der Waals surface area contributed by atoms with Crippen molar-refractivity contribution >= 4 is 23.5 Å². The van der Waals surface area contributed by atoms with E-state index >= 15 is 0 Å². The molecule has 0 saturated carbocycles. The molecule has 10 heteroatoms.